The summed E-state index contributed by atoms with van der Waals surface area (Å²) in [5, 5.41) is 5.24. The zero-order valence-electron chi connectivity index (χ0n) is 17.9. The van der Waals surface area contributed by atoms with E-state index in [1.807, 2.05) is 43.9 Å². The summed E-state index contributed by atoms with van der Waals surface area (Å²) < 4.78 is 7.94. The Kier molecular flexibility index (Phi) is 6.11. The smallest absolute Gasteiger partial charge is 0.317 e. The van der Waals surface area contributed by atoms with Gasteiger partial charge in [0.05, 0.1) is 11.8 Å². The number of nitrogens with one attached hydrogen (secondary N) is 1. The van der Waals surface area contributed by atoms with Gasteiger partial charge in [0.25, 0.3) is 0 Å². The Morgan fingerprint density at radius 2 is 2.13 bits per heavy atom. The van der Waals surface area contributed by atoms with Gasteiger partial charge in [-0.25, -0.2) is 9.78 Å². The first kappa shape index (κ1) is 20.9. The molecule has 2 amide bonds. The van der Waals surface area contributed by atoms with Crippen LogP contribution in [0.5, 0.6) is 0 Å². The van der Waals surface area contributed by atoms with E-state index in [0.29, 0.717) is 13.1 Å². The van der Waals surface area contributed by atoms with E-state index in [9.17, 15) is 4.79 Å². The van der Waals surface area contributed by atoms with Gasteiger partial charge in [0.2, 0.25) is 0 Å². The zero-order valence-corrected chi connectivity index (χ0v) is 18.7. The third-order valence-corrected chi connectivity index (χ3v) is 6.10. The van der Waals surface area contributed by atoms with Gasteiger partial charge in [-0.1, -0.05) is 30.3 Å². The van der Waals surface area contributed by atoms with Crippen LogP contribution in [0.1, 0.15) is 39.3 Å². The van der Waals surface area contributed by atoms with Crippen LogP contribution >= 0.6 is 11.3 Å². The van der Waals surface area contributed by atoms with Crippen LogP contribution in [0.25, 0.3) is 16.2 Å². The Hall–Kier alpha value is -2.38. The van der Waals surface area contributed by atoms with Gasteiger partial charge in [-0.05, 0) is 33.6 Å². The third kappa shape index (κ3) is 5.02. The Morgan fingerprint density at radius 1 is 1.33 bits per heavy atom. The van der Waals surface area contributed by atoms with Crippen molar-refractivity contribution in [1.82, 2.24) is 19.6 Å². The lowest BCUT2D eigenvalue weighted by Crippen LogP contribution is -2.50. The fourth-order valence-corrected chi connectivity index (χ4v) is 4.62. The topological polar surface area (TPSA) is 58.9 Å². The van der Waals surface area contributed by atoms with Gasteiger partial charge < -0.3 is 15.0 Å². The molecule has 3 aromatic rings. The molecule has 1 fully saturated rings. The average molecular weight is 427 g/mol. The molecule has 160 valence electrons. The number of rotatable bonds is 6. The molecular formula is C23H30N4O2S. The first-order valence-electron chi connectivity index (χ1n) is 10.6. The standard InChI is InChI=1S/C23H30N4O2S/c1-23(2,3)25-21(28)26(14-19-10-7-13-29-19)12-11-18-16-30-22-24-20(15-27(18)22)17-8-5-4-6-9-17/h4-6,8-9,15-16,19H,7,10-14H2,1-3H3,(H,25,28). The summed E-state index contributed by atoms with van der Waals surface area (Å²) in [6, 6.07) is 10.2. The minimum absolute atomic E-state index is 0.0277. The Balaban J connectivity index is 1.48. The van der Waals surface area contributed by atoms with Gasteiger partial charge in [-0.15, -0.1) is 11.3 Å². The quantitative estimate of drug-likeness (QED) is 0.627. The summed E-state index contributed by atoms with van der Waals surface area (Å²) in [5.74, 6) is 0. The summed E-state index contributed by atoms with van der Waals surface area (Å²) in [6.07, 6.45) is 5.09. The van der Waals surface area contributed by atoms with Crippen LogP contribution in [0.3, 0.4) is 0 Å². The summed E-state index contributed by atoms with van der Waals surface area (Å²) in [6.45, 7) is 8.10. The van der Waals surface area contributed by atoms with Crippen molar-refractivity contribution in [3.63, 3.8) is 0 Å². The SMILES string of the molecule is CC(C)(C)NC(=O)N(CCc1csc2nc(-c3ccccc3)cn12)CC1CCCO1. The molecule has 1 unspecified atom stereocenters. The largest absolute Gasteiger partial charge is 0.376 e. The summed E-state index contributed by atoms with van der Waals surface area (Å²) >= 11 is 1.64. The summed E-state index contributed by atoms with van der Waals surface area (Å²) in [7, 11) is 0. The molecular weight excluding hydrogens is 396 g/mol. The lowest BCUT2D eigenvalue weighted by Gasteiger charge is -2.30. The first-order valence-corrected chi connectivity index (χ1v) is 11.5. The van der Waals surface area contributed by atoms with Crippen LogP contribution in [0.15, 0.2) is 41.9 Å². The molecule has 1 saturated heterocycles. The second kappa shape index (κ2) is 8.78. The molecule has 0 bridgehead atoms. The van der Waals surface area contributed by atoms with Crippen molar-refractivity contribution in [2.75, 3.05) is 19.7 Å². The molecule has 1 aromatic carbocycles. The number of amides is 2. The lowest BCUT2D eigenvalue weighted by atomic mass is 10.1. The van der Waals surface area contributed by atoms with Gasteiger partial charge in [-0.3, -0.25) is 4.40 Å². The first-order chi connectivity index (χ1) is 14.4. The third-order valence-electron chi connectivity index (χ3n) is 5.21. The second-order valence-electron chi connectivity index (χ2n) is 8.88. The minimum Gasteiger partial charge on any atom is -0.376 e. The highest BCUT2D eigenvalue weighted by Gasteiger charge is 2.25. The maximum Gasteiger partial charge on any atom is 0.317 e. The van der Waals surface area contributed by atoms with E-state index in [1.54, 1.807) is 11.3 Å². The summed E-state index contributed by atoms with van der Waals surface area (Å²) in [4.78, 5) is 20.6. The van der Waals surface area contributed by atoms with Crippen molar-refractivity contribution in [3.8, 4) is 11.3 Å². The molecule has 1 aliphatic rings. The van der Waals surface area contributed by atoms with Crippen LogP contribution in [-0.4, -0.2) is 51.7 Å². The number of carbonyl (C=O) groups is 1. The van der Waals surface area contributed by atoms with Crippen LogP contribution in [-0.2, 0) is 11.2 Å². The number of nitrogens with zero attached hydrogens (tertiary/aromatic N) is 3. The van der Waals surface area contributed by atoms with Gasteiger partial charge in [-0.2, -0.15) is 0 Å². The lowest BCUT2D eigenvalue weighted by molar-refractivity contribution is 0.0803. The fourth-order valence-electron chi connectivity index (χ4n) is 3.72. The molecule has 1 aliphatic heterocycles. The fraction of sp³-hybridized carbons (Fsp3) is 0.478. The molecule has 1 N–H and O–H groups in total. The van der Waals surface area contributed by atoms with E-state index in [0.717, 1.165) is 42.1 Å². The molecule has 7 heteroatoms. The minimum atomic E-state index is -0.267. The van der Waals surface area contributed by atoms with Crippen molar-refractivity contribution in [2.45, 2.75) is 51.7 Å². The highest BCUT2D eigenvalue weighted by Crippen LogP contribution is 2.24. The number of carbonyl (C=O) groups excluding carboxylic acids is 1. The van der Waals surface area contributed by atoms with E-state index >= 15 is 0 Å². The van der Waals surface area contributed by atoms with Gasteiger partial charge in [0, 0.05) is 54.5 Å². The van der Waals surface area contributed by atoms with Gasteiger partial charge >= 0.3 is 6.03 Å². The predicted octanol–water partition coefficient (Wildman–Crippen LogP) is 4.59. The van der Waals surface area contributed by atoms with Crippen molar-refractivity contribution in [1.29, 1.82) is 0 Å². The van der Waals surface area contributed by atoms with Crippen LogP contribution < -0.4 is 5.32 Å². The van der Waals surface area contributed by atoms with Crippen molar-refractivity contribution in [2.24, 2.45) is 0 Å². The van der Waals surface area contributed by atoms with Crippen LogP contribution in [0.2, 0.25) is 0 Å². The summed E-state index contributed by atoms with van der Waals surface area (Å²) in [5.41, 5.74) is 3.00. The van der Waals surface area contributed by atoms with Gasteiger partial charge in [0.1, 0.15) is 0 Å². The molecule has 0 spiro atoms. The molecule has 6 nitrogen and oxygen atoms in total. The number of aromatic nitrogens is 2. The van der Waals surface area contributed by atoms with Crippen molar-refractivity contribution >= 4 is 22.3 Å². The molecule has 30 heavy (non-hydrogen) atoms. The van der Waals surface area contributed by atoms with E-state index in [-0.39, 0.29) is 17.7 Å². The number of hydrogen-bond acceptors (Lipinski definition) is 4. The molecule has 4 rings (SSSR count). The highest BCUT2D eigenvalue weighted by molar-refractivity contribution is 7.15. The highest BCUT2D eigenvalue weighted by atomic mass is 32.1. The van der Waals surface area contributed by atoms with Crippen molar-refractivity contribution < 1.29 is 9.53 Å². The Morgan fingerprint density at radius 3 is 2.83 bits per heavy atom. The van der Waals surface area contributed by atoms with E-state index in [1.165, 1.54) is 5.69 Å². The number of urea groups is 1. The van der Waals surface area contributed by atoms with E-state index in [4.69, 9.17) is 9.72 Å². The number of fused-ring (bicyclic) bond motifs is 1. The number of hydrogen-bond donors (Lipinski definition) is 1. The van der Waals surface area contributed by atoms with E-state index < -0.39 is 0 Å². The Labute approximate surface area is 181 Å². The number of imidazole rings is 1. The van der Waals surface area contributed by atoms with Gasteiger partial charge in [0.15, 0.2) is 4.96 Å². The van der Waals surface area contributed by atoms with Crippen LogP contribution in [0, 0.1) is 0 Å². The maximum absolute atomic E-state index is 12.9. The van der Waals surface area contributed by atoms with Crippen LogP contribution in [0.4, 0.5) is 4.79 Å². The molecule has 1 atom stereocenters. The zero-order chi connectivity index (χ0) is 21.1. The number of benzene rings is 1. The van der Waals surface area contributed by atoms with E-state index in [2.05, 4.69) is 33.4 Å². The molecule has 0 radical (unpaired) electrons. The predicted molar refractivity (Wildman–Crippen MR) is 121 cm³/mol. The molecule has 0 aliphatic carbocycles. The molecule has 0 saturated carbocycles. The normalized spacial score (nSPS) is 16.8. The second-order valence-corrected chi connectivity index (χ2v) is 9.72. The molecule has 2 aromatic heterocycles. The maximum atomic E-state index is 12.9. The number of ether oxygens (including phenoxy) is 1. The molecule has 3 heterocycles. The van der Waals surface area contributed by atoms with Crippen molar-refractivity contribution in [3.05, 3.63) is 47.6 Å². The Bertz CT molecular complexity index is 984. The average Bonchev–Trinajstić information content (AvgIpc) is 3.42. The number of thiazole rings is 1. The monoisotopic (exact) mass is 426 g/mol.